The van der Waals surface area contributed by atoms with E-state index in [4.69, 9.17) is 4.42 Å². The summed E-state index contributed by atoms with van der Waals surface area (Å²) < 4.78 is 5.30. The van der Waals surface area contributed by atoms with Crippen LogP contribution in [0, 0.1) is 5.92 Å². The maximum absolute atomic E-state index is 11.9. The smallest absolute Gasteiger partial charge is 0.242 e. The van der Waals surface area contributed by atoms with Crippen molar-refractivity contribution in [2.75, 3.05) is 19.6 Å². The average Bonchev–Trinajstić information content (AvgIpc) is 2.92. The largest absolute Gasteiger partial charge is 0.469 e. The highest BCUT2D eigenvalue weighted by Gasteiger charge is 2.13. The summed E-state index contributed by atoms with van der Waals surface area (Å²) in [4.78, 5) is 16.2. The number of furan rings is 1. The van der Waals surface area contributed by atoms with Crippen LogP contribution in [0.5, 0.6) is 0 Å². The van der Waals surface area contributed by atoms with Gasteiger partial charge in [-0.05, 0) is 38.8 Å². The van der Waals surface area contributed by atoms with Crippen LogP contribution in [-0.2, 0) is 11.2 Å². The zero-order chi connectivity index (χ0) is 17.3. The quantitative estimate of drug-likeness (QED) is 0.529. The van der Waals surface area contributed by atoms with Gasteiger partial charge in [0.1, 0.15) is 12.3 Å². The molecule has 0 saturated carbocycles. The Kier molecular flexibility index (Phi) is 7.65. The Morgan fingerprint density at radius 2 is 2.04 bits per heavy atom. The van der Waals surface area contributed by atoms with Gasteiger partial charge in [-0.1, -0.05) is 13.8 Å². The molecule has 0 bridgehead atoms. The van der Waals surface area contributed by atoms with E-state index in [1.54, 1.807) is 6.26 Å². The van der Waals surface area contributed by atoms with Gasteiger partial charge < -0.3 is 20.4 Å². The maximum atomic E-state index is 11.9. The number of nitrogens with zero attached hydrogens (tertiary/aromatic N) is 1. The summed E-state index contributed by atoms with van der Waals surface area (Å²) in [5.74, 6) is 1.98. The summed E-state index contributed by atoms with van der Waals surface area (Å²) in [6.07, 6.45) is 2.43. The molecule has 0 spiro atoms. The van der Waals surface area contributed by atoms with Gasteiger partial charge in [0.25, 0.3) is 0 Å². The van der Waals surface area contributed by atoms with Crippen LogP contribution in [0.4, 0.5) is 0 Å². The molecule has 0 aliphatic rings. The van der Waals surface area contributed by atoms with Crippen molar-refractivity contribution in [1.82, 2.24) is 16.0 Å². The van der Waals surface area contributed by atoms with Crippen LogP contribution in [0.25, 0.3) is 0 Å². The third kappa shape index (κ3) is 9.60. The van der Waals surface area contributed by atoms with E-state index in [9.17, 15) is 4.79 Å². The van der Waals surface area contributed by atoms with Crippen LogP contribution in [0.1, 0.15) is 40.4 Å². The highest BCUT2D eigenvalue weighted by molar-refractivity contribution is 5.85. The fraction of sp³-hybridized carbons (Fsp3) is 0.647. The Balaban J connectivity index is 2.49. The summed E-state index contributed by atoms with van der Waals surface area (Å²) in [5.41, 5.74) is -0.245. The fourth-order valence-corrected chi connectivity index (χ4v) is 1.84. The summed E-state index contributed by atoms with van der Waals surface area (Å²) in [7, 11) is 0. The minimum atomic E-state index is -0.245. The molecule has 0 aliphatic heterocycles. The minimum absolute atomic E-state index is 0.0887. The van der Waals surface area contributed by atoms with Crippen LogP contribution < -0.4 is 16.0 Å². The molecule has 0 radical (unpaired) electrons. The summed E-state index contributed by atoms with van der Waals surface area (Å²) in [5, 5.41) is 9.38. The predicted molar refractivity (Wildman–Crippen MR) is 93.5 cm³/mol. The molecule has 6 nitrogen and oxygen atoms in total. The fourth-order valence-electron chi connectivity index (χ4n) is 1.84. The summed E-state index contributed by atoms with van der Waals surface area (Å²) >= 11 is 0. The number of carbonyl (C=O) groups is 1. The lowest BCUT2D eigenvalue weighted by molar-refractivity contribution is -0.121. The molecule has 0 fully saturated rings. The molecule has 1 aromatic rings. The number of aliphatic imine (C=N–C) groups is 1. The van der Waals surface area contributed by atoms with Crippen LogP contribution in [-0.4, -0.2) is 37.0 Å². The first-order valence-corrected chi connectivity index (χ1v) is 8.12. The van der Waals surface area contributed by atoms with Crippen molar-refractivity contribution in [3.05, 3.63) is 24.2 Å². The second kappa shape index (κ2) is 9.22. The van der Waals surface area contributed by atoms with Crippen molar-refractivity contribution in [1.29, 1.82) is 0 Å². The third-order valence-electron chi connectivity index (χ3n) is 2.82. The Morgan fingerprint density at radius 1 is 1.30 bits per heavy atom. The van der Waals surface area contributed by atoms with Gasteiger partial charge in [-0.2, -0.15) is 0 Å². The van der Waals surface area contributed by atoms with Crippen LogP contribution in [0.2, 0.25) is 0 Å². The lowest BCUT2D eigenvalue weighted by Gasteiger charge is -2.20. The normalized spacial score (nSPS) is 12.3. The SMILES string of the molecule is CC(C)CNC(=NCC(=O)NC(C)(C)C)NCCc1ccco1. The van der Waals surface area contributed by atoms with Crippen molar-refractivity contribution < 1.29 is 9.21 Å². The van der Waals surface area contributed by atoms with Gasteiger partial charge in [0.15, 0.2) is 5.96 Å². The average molecular weight is 322 g/mol. The third-order valence-corrected chi connectivity index (χ3v) is 2.82. The van der Waals surface area contributed by atoms with Gasteiger partial charge in [0.05, 0.1) is 6.26 Å². The van der Waals surface area contributed by atoms with Crippen molar-refractivity contribution >= 4 is 11.9 Å². The Bertz CT molecular complexity index is 487. The van der Waals surface area contributed by atoms with Crippen molar-refractivity contribution in [3.63, 3.8) is 0 Å². The van der Waals surface area contributed by atoms with E-state index < -0.39 is 0 Å². The molecule has 3 N–H and O–H groups in total. The second-order valence-corrected chi connectivity index (χ2v) is 6.99. The molecule has 0 unspecified atom stereocenters. The standard InChI is InChI=1S/C17H30N4O2/c1-13(2)11-19-16(18-9-8-14-7-6-10-23-14)20-12-15(22)21-17(3,4)5/h6-7,10,13H,8-9,11-12H2,1-5H3,(H,21,22)(H2,18,19,20). The second-order valence-electron chi connectivity index (χ2n) is 6.99. The van der Waals surface area contributed by atoms with E-state index in [1.165, 1.54) is 0 Å². The highest BCUT2D eigenvalue weighted by atomic mass is 16.3. The van der Waals surface area contributed by atoms with E-state index in [-0.39, 0.29) is 18.0 Å². The molecule has 0 aliphatic carbocycles. The first-order valence-electron chi connectivity index (χ1n) is 8.12. The van der Waals surface area contributed by atoms with Crippen LogP contribution in [0.15, 0.2) is 27.8 Å². The van der Waals surface area contributed by atoms with Gasteiger partial charge in [0, 0.05) is 25.0 Å². The number of carbonyl (C=O) groups excluding carboxylic acids is 1. The van der Waals surface area contributed by atoms with Gasteiger partial charge in [0.2, 0.25) is 5.91 Å². The molecule has 0 saturated heterocycles. The Morgan fingerprint density at radius 3 is 2.61 bits per heavy atom. The molecule has 6 heteroatoms. The number of nitrogens with one attached hydrogen (secondary N) is 3. The summed E-state index contributed by atoms with van der Waals surface area (Å²) in [6.45, 7) is 11.7. The lowest BCUT2D eigenvalue weighted by atomic mass is 10.1. The maximum Gasteiger partial charge on any atom is 0.242 e. The molecule has 1 aromatic heterocycles. The summed E-state index contributed by atoms with van der Waals surface area (Å²) in [6, 6.07) is 3.81. The van der Waals surface area contributed by atoms with Crippen LogP contribution >= 0.6 is 0 Å². The highest BCUT2D eigenvalue weighted by Crippen LogP contribution is 2.00. The zero-order valence-electron chi connectivity index (χ0n) is 14.9. The number of amides is 1. The number of hydrogen-bond donors (Lipinski definition) is 3. The molecule has 1 rings (SSSR count). The van der Waals surface area contributed by atoms with Crippen molar-refractivity contribution in [2.24, 2.45) is 10.9 Å². The molecular weight excluding hydrogens is 292 g/mol. The molecule has 0 aromatic carbocycles. The molecule has 0 atom stereocenters. The van der Waals surface area contributed by atoms with Gasteiger partial charge >= 0.3 is 0 Å². The molecule has 1 amide bonds. The van der Waals surface area contributed by atoms with E-state index in [2.05, 4.69) is 34.8 Å². The van der Waals surface area contributed by atoms with E-state index >= 15 is 0 Å². The van der Waals surface area contributed by atoms with E-state index in [0.29, 0.717) is 18.4 Å². The van der Waals surface area contributed by atoms with Crippen molar-refractivity contribution in [3.8, 4) is 0 Å². The lowest BCUT2D eigenvalue weighted by Crippen LogP contribution is -2.44. The van der Waals surface area contributed by atoms with Gasteiger partial charge in [-0.15, -0.1) is 0 Å². The first-order chi connectivity index (χ1) is 10.8. The van der Waals surface area contributed by atoms with Crippen LogP contribution in [0.3, 0.4) is 0 Å². The number of guanidine groups is 1. The van der Waals surface area contributed by atoms with Crippen molar-refractivity contribution in [2.45, 2.75) is 46.6 Å². The Hall–Kier alpha value is -1.98. The molecule has 130 valence electrons. The Labute approximate surface area is 139 Å². The number of hydrogen-bond acceptors (Lipinski definition) is 3. The first kappa shape index (κ1) is 19.1. The van der Waals surface area contributed by atoms with E-state index in [0.717, 1.165) is 18.7 Å². The predicted octanol–water partition coefficient (Wildman–Crippen LogP) is 1.93. The van der Waals surface area contributed by atoms with Gasteiger partial charge in [-0.3, -0.25) is 4.79 Å². The molecule has 1 heterocycles. The zero-order valence-corrected chi connectivity index (χ0v) is 14.9. The van der Waals surface area contributed by atoms with E-state index in [1.807, 2.05) is 32.9 Å². The molecular formula is C17H30N4O2. The van der Waals surface area contributed by atoms with Gasteiger partial charge in [-0.25, -0.2) is 4.99 Å². The monoisotopic (exact) mass is 322 g/mol. The minimum Gasteiger partial charge on any atom is -0.469 e. The topological polar surface area (TPSA) is 78.7 Å². The molecule has 23 heavy (non-hydrogen) atoms. The number of rotatable bonds is 7.